The molecular weight excluding hydrogens is 735 g/mol. The maximum atomic E-state index is 12.6. The van der Waals surface area contributed by atoms with Crippen LogP contribution in [0.2, 0.25) is 0 Å². The van der Waals surface area contributed by atoms with Crippen molar-refractivity contribution in [2.45, 2.75) is 252 Å². The average Bonchev–Trinajstić information content (AvgIpc) is 3.19. The van der Waals surface area contributed by atoms with E-state index in [1.54, 1.807) is 6.92 Å². The molecule has 0 aliphatic carbocycles. The van der Waals surface area contributed by atoms with Gasteiger partial charge < -0.3 is 14.4 Å². The van der Waals surface area contributed by atoms with E-state index in [2.05, 4.69) is 38.2 Å². The maximum Gasteiger partial charge on any atom is 0.472 e. The summed E-state index contributed by atoms with van der Waals surface area (Å²) in [5, 5.41) is 0. The summed E-state index contributed by atoms with van der Waals surface area (Å²) in [4.78, 5) is 34.8. The predicted octanol–water partition coefficient (Wildman–Crippen LogP) is 15.4. The van der Waals surface area contributed by atoms with E-state index in [0.717, 1.165) is 44.9 Å². The van der Waals surface area contributed by atoms with E-state index in [0.29, 0.717) is 12.8 Å². The summed E-state index contributed by atoms with van der Waals surface area (Å²) in [7, 11) is -4.28. The van der Waals surface area contributed by atoms with Crippen molar-refractivity contribution in [2.24, 2.45) is 0 Å². The van der Waals surface area contributed by atoms with Crippen molar-refractivity contribution < 1.29 is 37.6 Å². The van der Waals surface area contributed by atoms with Gasteiger partial charge in [-0.25, -0.2) is 4.57 Å². The van der Waals surface area contributed by atoms with Crippen molar-refractivity contribution in [3.8, 4) is 0 Å². The molecule has 57 heavy (non-hydrogen) atoms. The number of phosphoric ester groups is 1. The lowest BCUT2D eigenvalue weighted by Crippen LogP contribution is -2.29. The van der Waals surface area contributed by atoms with E-state index < -0.39 is 26.5 Å². The minimum absolute atomic E-state index is 0.00176. The molecule has 0 saturated heterocycles. The van der Waals surface area contributed by atoms with Crippen molar-refractivity contribution in [1.29, 1.82) is 0 Å². The summed E-state index contributed by atoms with van der Waals surface area (Å²) in [6, 6.07) is 0. The predicted molar refractivity (Wildman–Crippen MR) is 239 cm³/mol. The van der Waals surface area contributed by atoms with Crippen molar-refractivity contribution in [1.82, 2.24) is 0 Å². The molecule has 0 aromatic carbocycles. The van der Waals surface area contributed by atoms with Crippen LogP contribution in [0.15, 0.2) is 24.3 Å². The van der Waals surface area contributed by atoms with E-state index in [1.165, 1.54) is 161 Å². The second-order valence-corrected chi connectivity index (χ2v) is 17.6. The Hall–Kier alpha value is -1.47. The number of allylic oxidation sites excluding steroid dienone is 4. The van der Waals surface area contributed by atoms with Gasteiger partial charge in [-0.05, 0) is 51.9 Å². The Labute approximate surface area is 352 Å². The van der Waals surface area contributed by atoms with Crippen molar-refractivity contribution in [2.75, 3.05) is 19.8 Å². The Morgan fingerprint density at radius 1 is 0.474 bits per heavy atom. The van der Waals surface area contributed by atoms with Crippen LogP contribution in [0.5, 0.6) is 0 Å². The highest BCUT2D eigenvalue weighted by atomic mass is 31.2. The largest absolute Gasteiger partial charge is 0.472 e. The van der Waals surface area contributed by atoms with Crippen LogP contribution in [0.1, 0.15) is 245 Å². The monoisotopic (exact) mass is 827 g/mol. The molecule has 0 heterocycles. The Kier molecular flexibility index (Phi) is 43.0. The van der Waals surface area contributed by atoms with E-state index in [1.807, 2.05) is 0 Å². The van der Waals surface area contributed by atoms with Gasteiger partial charge in [0, 0.05) is 12.8 Å². The van der Waals surface area contributed by atoms with E-state index in [-0.39, 0.29) is 25.6 Å². The Morgan fingerprint density at radius 3 is 1.25 bits per heavy atom. The summed E-state index contributed by atoms with van der Waals surface area (Å²) in [5.74, 6) is -0.790. The molecule has 1 N–H and O–H groups in total. The zero-order valence-electron chi connectivity index (χ0n) is 37.5. The molecule has 0 rings (SSSR count). The maximum absolute atomic E-state index is 12.6. The fraction of sp³-hybridized carbons (Fsp3) is 0.875. The minimum atomic E-state index is -4.28. The molecule has 0 fully saturated rings. The molecule has 0 spiro atoms. The lowest BCUT2D eigenvalue weighted by molar-refractivity contribution is -0.161. The first kappa shape index (κ1) is 55.5. The van der Waals surface area contributed by atoms with Crippen LogP contribution in [0.25, 0.3) is 0 Å². The Morgan fingerprint density at radius 2 is 0.842 bits per heavy atom. The molecule has 0 aromatic rings. The highest BCUT2D eigenvalue weighted by Crippen LogP contribution is 2.43. The molecule has 2 unspecified atom stereocenters. The van der Waals surface area contributed by atoms with Crippen LogP contribution in [0, 0.1) is 0 Å². The van der Waals surface area contributed by atoms with Gasteiger partial charge in [0.15, 0.2) is 6.10 Å². The first-order valence-corrected chi connectivity index (χ1v) is 25.6. The van der Waals surface area contributed by atoms with Gasteiger partial charge in [0.05, 0.1) is 13.2 Å². The minimum Gasteiger partial charge on any atom is -0.462 e. The van der Waals surface area contributed by atoms with Crippen LogP contribution in [-0.4, -0.2) is 42.8 Å². The average molecular weight is 827 g/mol. The number of carbonyl (C=O) groups excluding carboxylic acids is 2. The van der Waals surface area contributed by atoms with Gasteiger partial charge >= 0.3 is 19.8 Å². The van der Waals surface area contributed by atoms with E-state index >= 15 is 0 Å². The Bertz CT molecular complexity index is 983. The molecule has 0 saturated carbocycles. The van der Waals surface area contributed by atoms with Gasteiger partial charge in [0.2, 0.25) is 0 Å². The van der Waals surface area contributed by atoms with Gasteiger partial charge in [-0.15, -0.1) is 0 Å². The van der Waals surface area contributed by atoms with Gasteiger partial charge in [-0.1, -0.05) is 205 Å². The number of hydrogen-bond donors (Lipinski definition) is 1. The van der Waals surface area contributed by atoms with Gasteiger partial charge in [-0.3, -0.25) is 18.6 Å². The normalized spacial score (nSPS) is 13.4. The van der Waals surface area contributed by atoms with Gasteiger partial charge in [-0.2, -0.15) is 0 Å². The van der Waals surface area contributed by atoms with E-state index in [4.69, 9.17) is 18.5 Å². The van der Waals surface area contributed by atoms with Crippen LogP contribution >= 0.6 is 7.82 Å². The molecule has 8 nitrogen and oxygen atoms in total. The smallest absolute Gasteiger partial charge is 0.462 e. The lowest BCUT2D eigenvalue weighted by Gasteiger charge is -2.19. The molecule has 0 bridgehead atoms. The zero-order valence-corrected chi connectivity index (χ0v) is 38.4. The number of ether oxygens (including phenoxy) is 2. The molecular formula is C48H91O8P. The fourth-order valence-electron chi connectivity index (χ4n) is 6.96. The molecule has 0 radical (unpaired) electrons. The standard InChI is InChI=1S/C48H91O8P/c1-4-7-9-11-13-15-17-19-21-23-24-25-26-27-29-31-33-35-37-39-41-43-48(50)56-46(45-55-57(51,52)54-6-3)44-53-47(49)42-40-38-36-34-32-30-28-22-20-18-16-14-12-10-8-5-2/h17,19,23-24,46H,4-16,18,20-22,25-45H2,1-3H3,(H,51,52)/b19-17-,24-23-. The van der Waals surface area contributed by atoms with Crippen molar-refractivity contribution >= 4 is 19.8 Å². The molecule has 9 heteroatoms. The number of rotatable bonds is 45. The SMILES string of the molecule is CCCCCCC/C=C\C/C=C\CCCCCCCCCCCC(=O)OC(COC(=O)CCCCCCCCCCCCCCCCCC)COP(=O)(O)OCC. The number of hydrogen-bond acceptors (Lipinski definition) is 7. The first-order valence-electron chi connectivity index (χ1n) is 24.1. The van der Waals surface area contributed by atoms with Crippen LogP contribution in [0.4, 0.5) is 0 Å². The summed E-state index contributed by atoms with van der Waals surface area (Å²) in [5.41, 5.74) is 0. The second-order valence-electron chi connectivity index (χ2n) is 16.1. The highest BCUT2D eigenvalue weighted by molar-refractivity contribution is 7.47. The number of esters is 2. The van der Waals surface area contributed by atoms with Crippen LogP contribution in [-0.2, 0) is 32.7 Å². The topological polar surface area (TPSA) is 108 Å². The van der Waals surface area contributed by atoms with E-state index in [9.17, 15) is 19.0 Å². The summed E-state index contributed by atoms with van der Waals surface area (Å²) >= 11 is 0. The van der Waals surface area contributed by atoms with Crippen LogP contribution < -0.4 is 0 Å². The first-order chi connectivity index (χ1) is 27.8. The third kappa shape index (κ3) is 43.9. The molecule has 336 valence electrons. The highest BCUT2D eigenvalue weighted by Gasteiger charge is 2.25. The molecule has 0 aromatic heterocycles. The lowest BCUT2D eigenvalue weighted by atomic mass is 10.0. The van der Waals surface area contributed by atoms with Crippen LogP contribution in [0.3, 0.4) is 0 Å². The zero-order chi connectivity index (χ0) is 41.8. The summed E-state index contributed by atoms with van der Waals surface area (Å²) < 4.78 is 32.7. The number of unbranched alkanes of at least 4 members (excludes halogenated alkanes) is 29. The molecule has 0 aliphatic heterocycles. The molecule has 2 atom stereocenters. The summed E-state index contributed by atoms with van der Waals surface area (Å²) in [6.07, 6.45) is 49.4. The van der Waals surface area contributed by atoms with Crippen molar-refractivity contribution in [3.05, 3.63) is 24.3 Å². The summed E-state index contributed by atoms with van der Waals surface area (Å²) in [6.45, 7) is 5.50. The molecule has 0 aliphatic rings. The fourth-order valence-corrected chi connectivity index (χ4v) is 7.71. The Balaban J connectivity index is 4.00. The second kappa shape index (κ2) is 44.1. The van der Waals surface area contributed by atoms with Gasteiger partial charge in [0.1, 0.15) is 6.61 Å². The molecule has 0 amide bonds. The van der Waals surface area contributed by atoms with Crippen molar-refractivity contribution in [3.63, 3.8) is 0 Å². The third-order valence-corrected chi connectivity index (χ3v) is 11.6. The number of carbonyl (C=O) groups is 2. The van der Waals surface area contributed by atoms with Gasteiger partial charge in [0.25, 0.3) is 0 Å². The number of phosphoric acid groups is 1. The third-order valence-electron chi connectivity index (χ3n) is 10.5. The quantitative estimate of drug-likeness (QED) is 0.0280.